The quantitative estimate of drug-likeness (QED) is 0.254. The first kappa shape index (κ1) is 18.2. The number of benzene rings is 4. The van der Waals surface area contributed by atoms with Crippen molar-refractivity contribution in [2.24, 2.45) is 7.05 Å². The van der Waals surface area contributed by atoms with Crippen LogP contribution in [-0.4, -0.2) is 9.13 Å². The van der Waals surface area contributed by atoms with Gasteiger partial charge < -0.3 is 13.6 Å². The summed E-state index contributed by atoms with van der Waals surface area (Å²) in [6, 6.07) is 28.1. The van der Waals surface area contributed by atoms with E-state index in [0.717, 1.165) is 24.0 Å². The molecule has 0 saturated heterocycles. The highest BCUT2D eigenvalue weighted by atomic mass is 16.3. The second kappa shape index (κ2) is 6.42. The third kappa shape index (κ3) is 2.17. The molecule has 3 nitrogen and oxygen atoms in total. The second-order valence-electron chi connectivity index (χ2n) is 9.32. The zero-order chi connectivity index (χ0) is 22.4. The molecule has 3 heteroatoms. The first-order chi connectivity index (χ1) is 16.8. The van der Waals surface area contributed by atoms with Gasteiger partial charge in [-0.15, -0.1) is 0 Å². The summed E-state index contributed by atoms with van der Waals surface area (Å²) in [7, 11) is 2.21. The second-order valence-corrected chi connectivity index (χ2v) is 9.32. The third-order valence-corrected chi connectivity index (χ3v) is 7.57. The van der Waals surface area contributed by atoms with Gasteiger partial charge in [-0.1, -0.05) is 54.6 Å². The van der Waals surface area contributed by atoms with Gasteiger partial charge in [-0.05, 0) is 49.2 Å². The van der Waals surface area contributed by atoms with E-state index in [4.69, 9.17) is 4.42 Å². The maximum atomic E-state index is 6.22. The summed E-state index contributed by atoms with van der Waals surface area (Å²) >= 11 is 0. The molecule has 0 aliphatic heterocycles. The van der Waals surface area contributed by atoms with Crippen molar-refractivity contribution < 1.29 is 4.42 Å². The molecule has 7 aromatic rings. The molecule has 3 heterocycles. The predicted molar refractivity (Wildman–Crippen MR) is 142 cm³/mol. The number of aromatic nitrogens is 2. The summed E-state index contributed by atoms with van der Waals surface area (Å²) in [6.45, 7) is 0. The molecule has 4 aromatic carbocycles. The lowest BCUT2D eigenvalue weighted by Crippen LogP contribution is -2.02. The van der Waals surface area contributed by atoms with Crippen molar-refractivity contribution in [1.82, 2.24) is 9.13 Å². The summed E-state index contributed by atoms with van der Waals surface area (Å²) in [5, 5.41) is 6.29. The largest absolute Gasteiger partial charge is 0.456 e. The Balaban J connectivity index is 1.61. The molecular weight excluding hydrogens is 416 g/mol. The van der Waals surface area contributed by atoms with E-state index in [1.54, 1.807) is 0 Å². The zero-order valence-electron chi connectivity index (χ0n) is 18.9. The van der Waals surface area contributed by atoms with E-state index >= 15 is 0 Å². The van der Waals surface area contributed by atoms with Crippen LogP contribution < -0.4 is 0 Å². The number of rotatable bonds is 1. The highest BCUT2D eigenvalue weighted by Gasteiger charge is 2.24. The Bertz CT molecular complexity index is 1960. The van der Waals surface area contributed by atoms with Gasteiger partial charge in [0.2, 0.25) is 0 Å². The van der Waals surface area contributed by atoms with Crippen LogP contribution in [-0.2, 0) is 13.5 Å². The molecule has 8 rings (SSSR count). The number of hydrogen-bond acceptors (Lipinski definition) is 1. The minimum absolute atomic E-state index is 0.941. The highest BCUT2D eigenvalue weighted by Crippen LogP contribution is 2.44. The first-order valence-electron chi connectivity index (χ1n) is 11.9. The van der Waals surface area contributed by atoms with E-state index in [1.807, 2.05) is 6.07 Å². The first-order valence-corrected chi connectivity index (χ1v) is 11.9. The number of aryl methyl sites for hydroxylation is 1. The zero-order valence-corrected chi connectivity index (χ0v) is 18.9. The standard InChI is InChI=1S/C31H22N2O/c1-32-30-20(21-16-18-27-29(31(21)32)23-12-6-8-14-26(23)34-27)15-17-25-28(30)22-11-5-7-13-24(22)33(25)19-9-3-2-4-10-19/h2-6,8-12,14-18H,7,13H2,1H3. The average molecular weight is 439 g/mol. The summed E-state index contributed by atoms with van der Waals surface area (Å²) < 4.78 is 11.1. The van der Waals surface area contributed by atoms with E-state index in [1.165, 1.54) is 60.4 Å². The molecular formula is C31H22N2O. The Hall–Kier alpha value is -4.24. The third-order valence-electron chi connectivity index (χ3n) is 7.57. The van der Waals surface area contributed by atoms with Gasteiger partial charge in [0.1, 0.15) is 11.2 Å². The predicted octanol–water partition coefficient (Wildman–Crippen LogP) is 8.13. The van der Waals surface area contributed by atoms with Crippen LogP contribution in [0, 0.1) is 0 Å². The number of nitrogens with zero attached hydrogens (tertiary/aromatic N) is 2. The van der Waals surface area contributed by atoms with Crippen LogP contribution in [0.5, 0.6) is 0 Å². The molecule has 0 fully saturated rings. The fourth-order valence-corrected chi connectivity index (χ4v) is 6.20. The Labute approximate surface area is 196 Å². The fraction of sp³-hybridized carbons (Fsp3) is 0.0968. The molecule has 0 spiro atoms. The van der Waals surface area contributed by atoms with E-state index in [-0.39, 0.29) is 0 Å². The van der Waals surface area contributed by atoms with Gasteiger partial charge in [-0.25, -0.2) is 0 Å². The molecule has 0 saturated carbocycles. The lowest BCUT2D eigenvalue weighted by molar-refractivity contribution is 0.669. The number of para-hydroxylation sites is 2. The minimum atomic E-state index is 0.941. The molecule has 0 bridgehead atoms. The van der Waals surface area contributed by atoms with Crippen molar-refractivity contribution in [3.63, 3.8) is 0 Å². The van der Waals surface area contributed by atoms with Crippen LogP contribution in [0.3, 0.4) is 0 Å². The van der Waals surface area contributed by atoms with Crippen LogP contribution in [0.1, 0.15) is 17.7 Å². The number of hydrogen-bond donors (Lipinski definition) is 0. The SMILES string of the molecule is Cn1c2c(ccc3c2c2c(n3-c3ccccc3)CCC=C2)c2ccc3oc4ccccc4c3c21. The summed E-state index contributed by atoms with van der Waals surface area (Å²) in [5.74, 6) is 0. The number of furan rings is 1. The van der Waals surface area contributed by atoms with Gasteiger partial charge in [0.05, 0.1) is 21.9 Å². The van der Waals surface area contributed by atoms with Crippen molar-refractivity contribution in [2.75, 3.05) is 0 Å². The lowest BCUT2D eigenvalue weighted by atomic mass is 10.0. The minimum Gasteiger partial charge on any atom is -0.456 e. The van der Waals surface area contributed by atoms with Crippen LogP contribution in [0.15, 0.2) is 89.4 Å². The summed E-state index contributed by atoms with van der Waals surface area (Å²) in [5.41, 5.74) is 9.68. The number of fused-ring (bicyclic) bond motifs is 11. The van der Waals surface area contributed by atoms with Crippen molar-refractivity contribution in [3.05, 3.63) is 96.2 Å². The molecule has 3 aromatic heterocycles. The van der Waals surface area contributed by atoms with E-state index < -0.39 is 0 Å². The van der Waals surface area contributed by atoms with Crippen molar-refractivity contribution in [3.8, 4) is 5.69 Å². The van der Waals surface area contributed by atoms with Gasteiger partial charge in [0.15, 0.2) is 0 Å². The van der Waals surface area contributed by atoms with Gasteiger partial charge >= 0.3 is 0 Å². The average Bonchev–Trinajstić information content (AvgIpc) is 3.52. The maximum absolute atomic E-state index is 6.22. The van der Waals surface area contributed by atoms with Crippen molar-refractivity contribution in [2.45, 2.75) is 12.8 Å². The molecule has 0 N–H and O–H groups in total. The Morgan fingerprint density at radius 3 is 2.35 bits per heavy atom. The molecule has 34 heavy (non-hydrogen) atoms. The van der Waals surface area contributed by atoms with Crippen molar-refractivity contribution in [1.29, 1.82) is 0 Å². The van der Waals surface area contributed by atoms with Crippen LogP contribution >= 0.6 is 0 Å². The smallest absolute Gasteiger partial charge is 0.137 e. The van der Waals surface area contributed by atoms with E-state index in [2.05, 4.69) is 101 Å². The fourth-order valence-electron chi connectivity index (χ4n) is 6.20. The Morgan fingerprint density at radius 2 is 1.47 bits per heavy atom. The van der Waals surface area contributed by atoms with Gasteiger partial charge in [0.25, 0.3) is 0 Å². The lowest BCUT2D eigenvalue weighted by Gasteiger charge is -2.13. The molecule has 1 aliphatic carbocycles. The maximum Gasteiger partial charge on any atom is 0.137 e. The summed E-state index contributed by atoms with van der Waals surface area (Å²) in [6.07, 6.45) is 6.79. The topological polar surface area (TPSA) is 23.0 Å². The van der Waals surface area contributed by atoms with E-state index in [9.17, 15) is 0 Å². The number of allylic oxidation sites excluding steroid dienone is 1. The monoisotopic (exact) mass is 438 g/mol. The molecule has 0 unspecified atom stereocenters. The Kier molecular flexibility index (Phi) is 3.44. The van der Waals surface area contributed by atoms with Gasteiger partial charge in [-0.2, -0.15) is 0 Å². The highest BCUT2D eigenvalue weighted by molar-refractivity contribution is 6.27. The molecule has 1 aliphatic rings. The normalized spacial score (nSPS) is 13.7. The van der Waals surface area contributed by atoms with Crippen molar-refractivity contribution >= 4 is 60.7 Å². The van der Waals surface area contributed by atoms with Crippen LogP contribution in [0.2, 0.25) is 0 Å². The Morgan fingerprint density at radius 1 is 0.706 bits per heavy atom. The van der Waals surface area contributed by atoms with Crippen LogP contribution in [0.4, 0.5) is 0 Å². The van der Waals surface area contributed by atoms with E-state index in [0.29, 0.717) is 0 Å². The summed E-state index contributed by atoms with van der Waals surface area (Å²) in [4.78, 5) is 0. The van der Waals surface area contributed by atoms with Gasteiger partial charge in [0, 0.05) is 45.5 Å². The molecule has 0 amide bonds. The van der Waals surface area contributed by atoms with Crippen LogP contribution in [0.25, 0.3) is 66.4 Å². The van der Waals surface area contributed by atoms with Gasteiger partial charge in [-0.3, -0.25) is 0 Å². The molecule has 0 radical (unpaired) electrons. The molecule has 0 atom stereocenters. The molecule has 162 valence electrons.